The van der Waals surface area contributed by atoms with E-state index in [-0.39, 0.29) is 0 Å². The van der Waals surface area contributed by atoms with Gasteiger partial charge >= 0.3 is 0 Å². The monoisotopic (exact) mass is 536 g/mol. The quantitative estimate of drug-likeness (QED) is 0.368. The second-order valence-electron chi connectivity index (χ2n) is 9.46. The van der Waals surface area contributed by atoms with Crippen molar-refractivity contribution in [2.45, 2.75) is 12.6 Å². The topological polar surface area (TPSA) is 95.7 Å². The SMILES string of the molecule is COc1cc(Nc2ncc(-c3cnco3)c(-c3cnc(N4CC[C@H](F)C4)s3)n2)ccc1N1CCN(C)CC1. The summed E-state index contributed by atoms with van der Waals surface area (Å²) in [5, 5.41) is 4.09. The third kappa shape index (κ3) is 5.01. The molecular weight excluding hydrogens is 507 g/mol. The first-order valence-electron chi connectivity index (χ1n) is 12.6. The Labute approximate surface area is 224 Å². The molecule has 1 atom stereocenters. The summed E-state index contributed by atoms with van der Waals surface area (Å²) in [5.41, 5.74) is 3.26. The van der Waals surface area contributed by atoms with E-state index in [1.54, 1.807) is 25.7 Å². The molecule has 1 aromatic carbocycles. The van der Waals surface area contributed by atoms with E-state index in [2.05, 4.69) is 43.2 Å². The zero-order chi connectivity index (χ0) is 26.1. The highest BCUT2D eigenvalue weighted by molar-refractivity contribution is 7.18. The Morgan fingerprint density at radius 1 is 1.08 bits per heavy atom. The first-order chi connectivity index (χ1) is 18.6. The van der Waals surface area contributed by atoms with Crippen LogP contribution in [0, 0.1) is 0 Å². The summed E-state index contributed by atoms with van der Waals surface area (Å²) in [7, 11) is 3.83. The van der Waals surface area contributed by atoms with E-state index in [4.69, 9.17) is 14.1 Å². The summed E-state index contributed by atoms with van der Waals surface area (Å²) in [6.07, 6.45) is 6.20. The number of methoxy groups -OCH3 is 1. The zero-order valence-electron chi connectivity index (χ0n) is 21.3. The molecule has 2 aliphatic rings. The predicted molar refractivity (Wildman–Crippen MR) is 146 cm³/mol. The van der Waals surface area contributed by atoms with Crippen molar-refractivity contribution in [2.75, 3.05) is 68.5 Å². The molecule has 38 heavy (non-hydrogen) atoms. The van der Waals surface area contributed by atoms with Crippen molar-refractivity contribution >= 4 is 33.8 Å². The van der Waals surface area contributed by atoms with Gasteiger partial charge in [0, 0.05) is 56.9 Å². The lowest BCUT2D eigenvalue weighted by Gasteiger charge is -2.34. The van der Waals surface area contributed by atoms with Gasteiger partial charge in [-0.25, -0.2) is 24.3 Å². The minimum Gasteiger partial charge on any atom is -0.495 e. The molecule has 2 aliphatic heterocycles. The minimum absolute atomic E-state index is 0.366. The standard InChI is InChI=1S/C26H29FN8O2S/c1-33-7-9-34(10-8-33)20-4-3-18(11-21(20)36-2)31-25-29-12-19(22-13-28-16-37-22)24(32-25)23-14-30-26(38-23)35-6-5-17(27)15-35/h3-4,11-14,16-17H,5-10,15H2,1-2H3,(H,29,31,32)/t17-/m0/s1. The van der Waals surface area contributed by atoms with Gasteiger partial charge in [0.05, 0.1) is 41.7 Å². The number of oxazole rings is 1. The van der Waals surface area contributed by atoms with Gasteiger partial charge in [0.1, 0.15) is 11.9 Å². The van der Waals surface area contributed by atoms with E-state index >= 15 is 0 Å². The van der Waals surface area contributed by atoms with Crippen LogP contribution in [-0.4, -0.2) is 84.4 Å². The summed E-state index contributed by atoms with van der Waals surface area (Å²) in [6, 6.07) is 6.04. The second kappa shape index (κ2) is 10.5. The summed E-state index contributed by atoms with van der Waals surface area (Å²) in [5.74, 6) is 1.78. The van der Waals surface area contributed by atoms with Gasteiger partial charge in [-0.05, 0) is 25.6 Å². The smallest absolute Gasteiger partial charge is 0.227 e. The second-order valence-corrected chi connectivity index (χ2v) is 10.5. The Bertz CT molecular complexity index is 1390. The Morgan fingerprint density at radius 3 is 2.68 bits per heavy atom. The summed E-state index contributed by atoms with van der Waals surface area (Å²) < 4.78 is 25.1. The van der Waals surface area contributed by atoms with E-state index in [9.17, 15) is 4.39 Å². The molecule has 0 radical (unpaired) electrons. The highest BCUT2D eigenvalue weighted by Crippen LogP contribution is 2.38. The van der Waals surface area contributed by atoms with Gasteiger partial charge in [0.25, 0.3) is 0 Å². The Kier molecular flexibility index (Phi) is 6.81. The number of alkyl halides is 1. The number of benzene rings is 1. The van der Waals surface area contributed by atoms with Gasteiger partial charge in [0.2, 0.25) is 5.95 Å². The van der Waals surface area contributed by atoms with Crippen LogP contribution in [0.1, 0.15) is 6.42 Å². The number of nitrogens with zero attached hydrogens (tertiary/aromatic N) is 7. The predicted octanol–water partition coefficient (Wildman–Crippen LogP) is 4.31. The van der Waals surface area contributed by atoms with Crippen molar-refractivity contribution in [3.05, 3.63) is 43.2 Å². The molecule has 2 fully saturated rings. The van der Waals surface area contributed by atoms with Crippen molar-refractivity contribution in [1.82, 2.24) is 24.8 Å². The van der Waals surface area contributed by atoms with Gasteiger partial charge in [0.15, 0.2) is 17.3 Å². The molecule has 0 saturated carbocycles. The molecule has 198 valence electrons. The van der Waals surface area contributed by atoms with Gasteiger partial charge in [-0.3, -0.25) is 0 Å². The van der Waals surface area contributed by atoms with Crippen molar-refractivity contribution in [3.8, 4) is 27.6 Å². The Morgan fingerprint density at radius 2 is 1.95 bits per heavy atom. The molecule has 2 saturated heterocycles. The molecule has 4 aromatic rings. The number of halogens is 1. The number of likely N-dealkylation sites (N-methyl/N-ethyl adjacent to an activating group) is 1. The maximum atomic E-state index is 13.8. The highest BCUT2D eigenvalue weighted by atomic mass is 32.1. The molecule has 1 N–H and O–H groups in total. The van der Waals surface area contributed by atoms with Crippen LogP contribution in [-0.2, 0) is 0 Å². The fraction of sp³-hybridized carbons (Fsp3) is 0.385. The zero-order valence-corrected chi connectivity index (χ0v) is 22.1. The first kappa shape index (κ1) is 24.6. The van der Waals surface area contributed by atoms with Crippen molar-refractivity contribution < 1.29 is 13.5 Å². The number of aromatic nitrogens is 4. The number of rotatable bonds is 7. The number of ether oxygens (including phenoxy) is 1. The Hall–Kier alpha value is -3.77. The van der Waals surface area contributed by atoms with Crippen LogP contribution < -0.4 is 19.9 Å². The largest absolute Gasteiger partial charge is 0.495 e. The third-order valence-corrected chi connectivity index (χ3v) is 7.96. The van der Waals surface area contributed by atoms with E-state index in [0.29, 0.717) is 42.5 Å². The maximum Gasteiger partial charge on any atom is 0.227 e. The molecule has 5 heterocycles. The van der Waals surface area contributed by atoms with Gasteiger partial charge in [-0.2, -0.15) is 0 Å². The lowest BCUT2D eigenvalue weighted by molar-refractivity contribution is 0.311. The van der Waals surface area contributed by atoms with Crippen LogP contribution in [0.15, 0.2) is 47.6 Å². The van der Waals surface area contributed by atoms with Gasteiger partial charge in [-0.1, -0.05) is 11.3 Å². The number of anilines is 4. The van der Waals surface area contributed by atoms with Gasteiger partial charge < -0.3 is 29.2 Å². The van der Waals surface area contributed by atoms with E-state index in [1.807, 2.05) is 17.0 Å². The number of piperazine rings is 1. The maximum absolute atomic E-state index is 13.8. The fourth-order valence-corrected chi connectivity index (χ4v) is 5.72. The van der Waals surface area contributed by atoms with Crippen molar-refractivity contribution in [2.24, 2.45) is 0 Å². The van der Waals surface area contributed by atoms with E-state index < -0.39 is 6.17 Å². The molecular formula is C26H29FN8O2S. The van der Waals surface area contributed by atoms with E-state index in [0.717, 1.165) is 53.3 Å². The molecule has 0 spiro atoms. The average Bonchev–Trinajstić information content (AvgIpc) is 3.71. The van der Waals surface area contributed by atoms with Crippen LogP contribution >= 0.6 is 11.3 Å². The number of nitrogens with one attached hydrogen (secondary N) is 1. The highest BCUT2D eigenvalue weighted by Gasteiger charge is 2.25. The molecule has 12 heteroatoms. The third-order valence-electron chi connectivity index (χ3n) is 6.89. The molecule has 10 nitrogen and oxygen atoms in total. The van der Waals surface area contributed by atoms with Crippen molar-refractivity contribution in [3.63, 3.8) is 0 Å². The molecule has 0 aliphatic carbocycles. The lowest BCUT2D eigenvalue weighted by atomic mass is 10.2. The van der Waals surface area contributed by atoms with E-state index in [1.165, 1.54) is 17.7 Å². The van der Waals surface area contributed by atoms with Crippen molar-refractivity contribution in [1.29, 1.82) is 0 Å². The number of hydrogen-bond acceptors (Lipinski definition) is 11. The molecule has 0 unspecified atom stereocenters. The Balaban J connectivity index is 1.29. The number of thiazole rings is 1. The first-order valence-corrected chi connectivity index (χ1v) is 13.4. The lowest BCUT2D eigenvalue weighted by Crippen LogP contribution is -2.44. The molecule has 0 bridgehead atoms. The summed E-state index contributed by atoms with van der Waals surface area (Å²) >= 11 is 1.47. The van der Waals surface area contributed by atoms with Crippen LogP contribution in [0.2, 0.25) is 0 Å². The molecule has 3 aromatic heterocycles. The summed E-state index contributed by atoms with van der Waals surface area (Å²) in [4.78, 5) is 25.5. The molecule has 0 amide bonds. The van der Waals surface area contributed by atoms with Crippen LogP contribution in [0.5, 0.6) is 5.75 Å². The summed E-state index contributed by atoms with van der Waals surface area (Å²) in [6.45, 7) is 4.96. The molecule has 6 rings (SSSR count). The average molecular weight is 537 g/mol. The fourth-order valence-electron chi connectivity index (χ4n) is 4.76. The minimum atomic E-state index is -0.818. The van der Waals surface area contributed by atoms with Gasteiger partial charge in [-0.15, -0.1) is 0 Å². The van der Waals surface area contributed by atoms with Crippen LogP contribution in [0.3, 0.4) is 0 Å². The normalized spacial score (nSPS) is 18.2. The number of hydrogen-bond donors (Lipinski definition) is 1. The van der Waals surface area contributed by atoms with Crippen LogP contribution in [0.25, 0.3) is 21.9 Å². The van der Waals surface area contributed by atoms with Crippen LogP contribution in [0.4, 0.5) is 26.8 Å².